The van der Waals surface area contributed by atoms with E-state index in [2.05, 4.69) is 9.97 Å². The highest BCUT2D eigenvalue weighted by Gasteiger charge is 2.04. The molecule has 0 aromatic carbocycles. The molecule has 0 amide bonds. The van der Waals surface area contributed by atoms with Crippen molar-refractivity contribution < 1.29 is 9.15 Å². The molecule has 0 aliphatic heterocycles. The van der Waals surface area contributed by atoms with E-state index in [0.717, 1.165) is 5.56 Å². The zero-order valence-corrected chi connectivity index (χ0v) is 8.19. The third-order valence-electron chi connectivity index (χ3n) is 1.88. The molecule has 0 spiro atoms. The van der Waals surface area contributed by atoms with E-state index in [9.17, 15) is 4.79 Å². The van der Waals surface area contributed by atoms with E-state index in [1.807, 2.05) is 0 Å². The molecule has 0 saturated carbocycles. The second-order valence-corrected chi connectivity index (χ2v) is 3.03. The number of hydrogen-bond donors (Lipinski definition) is 1. The summed E-state index contributed by atoms with van der Waals surface area (Å²) >= 11 is 0. The number of ether oxygens (including phenoxy) is 1. The van der Waals surface area contributed by atoms with Crippen LogP contribution >= 0.6 is 0 Å². The monoisotopic (exact) mass is 206 g/mol. The Morgan fingerprint density at radius 2 is 2.47 bits per heavy atom. The minimum absolute atomic E-state index is 0.201. The lowest BCUT2D eigenvalue weighted by molar-refractivity contribution is 0.181. The highest BCUT2D eigenvalue weighted by molar-refractivity contribution is 5.52. The van der Waals surface area contributed by atoms with Crippen LogP contribution < -0.4 is 5.56 Å². The van der Waals surface area contributed by atoms with Crippen LogP contribution in [0.3, 0.4) is 0 Å². The Morgan fingerprint density at radius 3 is 3.13 bits per heavy atom. The van der Waals surface area contributed by atoms with Gasteiger partial charge in [-0.1, -0.05) is 0 Å². The maximum atomic E-state index is 11.3. The van der Waals surface area contributed by atoms with Gasteiger partial charge in [-0.3, -0.25) is 4.79 Å². The van der Waals surface area contributed by atoms with Crippen molar-refractivity contribution in [1.29, 1.82) is 0 Å². The van der Waals surface area contributed by atoms with E-state index in [4.69, 9.17) is 9.15 Å². The highest BCUT2D eigenvalue weighted by Crippen LogP contribution is 2.13. The molecule has 2 aromatic rings. The van der Waals surface area contributed by atoms with Crippen molar-refractivity contribution in [2.45, 2.75) is 6.61 Å². The number of nitrogens with one attached hydrogen (secondary N) is 1. The molecule has 5 nitrogen and oxygen atoms in total. The molecule has 78 valence electrons. The van der Waals surface area contributed by atoms with Gasteiger partial charge in [-0.15, -0.1) is 0 Å². The van der Waals surface area contributed by atoms with Crippen molar-refractivity contribution in [3.63, 3.8) is 0 Å². The lowest BCUT2D eigenvalue weighted by atomic mass is 10.3. The van der Waals surface area contributed by atoms with Gasteiger partial charge in [0.25, 0.3) is 5.56 Å². The van der Waals surface area contributed by atoms with Gasteiger partial charge in [0.15, 0.2) is 0 Å². The molecule has 0 unspecified atom stereocenters. The van der Waals surface area contributed by atoms with Crippen LogP contribution in [0.1, 0.15) is 5.69 Å². The maximum Gasteiger partial charge on any atom is 0.251 e. The largest absolute Gasteiger partial charge is 0.472 e. The number of aromatic amines is 1. The third-order valence-corrected chi connectivity index (χ3v) is 1.88. The summed E-state index contributed by atoms with van der Waals surface area (Å²) in [4.78, 5) is 18.2. The number of H-pyrrole nitrogens is 1. The number of rotatable bonds is 3. The van der Waals surface area contributed by atoms with E-state index in [1.54, 1.807) is 13.2 Å². The first-order valence-electron chi connectivity index (χ1n) is 4.41. The van der Waals surface area contributed by atoms with Crippen molar-refractivity contribution in [3.8, 4) is 11.4 Å². The first-order valence-corrected chi connectivity index (χ1v) is 4.41. The summed E-state index contributed by atoms with van der Waals surface area (Å²) in [5.74, 6) is 0.489. The highest BCUT2D eigenvalue weighted by atomic mass is 16.5. The quantitative estimate of drug-likeness (QED) is 0.818. The van der Waals surface area contributed by atoms with E-state index < -0.39 is 0 Å². The molecule has 1 N–H and O–H groups in total. The van der Waals surface area contributed by atoms with Crippen LogP contribution in [-0.4, -0.2) is 17.1 Å². The molecule has 2 aromatic heterocycles. The normalized spacial score (nSPS) is 10.5. The van der Waals surface area contributed by atoms with Gasteiger partial charge in [-0.05, 0) is 6.07 Å². The molecule has 0 radical (unpaired) electrons. The third kappa shape index (κ3) is 2.13. The van der Waals surface area contributed by atoms with Crippen molar-refractivity contribution >= 4 is 0 Å². The summed E-state index contributed by atoms with van der Waals surface area (Å²) in [5.41, 5.74) is 1.13. The van der Waals surface area contributed by atoms with E-state index in [1.165, 1.54) is 18.6 Å². The van der Waals surface area contributed by atoms with E-state index in [-0.39, 0.29) is 5.56 Å². The Bertz CT molecular complexity index is 488. The number of methoxy groups -OCH3 is 1. The van der Waals surface area contributed by atoms with Gasteiger partial charge in [-0.2, -0.15) is 0 Å². The van der Waals surface area contributed by atoms with E-state index >= 15 is 0 Å². The minimum Gasteiger partial charge on any atom is -0.472 e. The Kier molecular flexibility index (Phi) is 2.64. The molecule has 2 rings (SSSR count). The SMILES string of the molecule is COCc1cc(=O)[nH]c(-c2ccoc2)n1. The Hall–Kier alpha value is -1.88. The van der Waals surface area contributed by atoms with Crippen LogP contribution in [0.4, 0.5) is 0 Å². The van der Waals surface area contributed by atoms with Crippen LogP contribution in [0.15, 0.2) is 33.9 Å². The molecule has 0 atom stereocenters. The summed E-state index contributed by atoms with van der Waals surface area (Å²) in [6.07, 6.45) is 3.05. The Morgan fingerprint density at radius 1 is 1.60 bits per heavy atom. The van der Waals surface area contributed by atoms with Gasteiger partial charge < -0.3 is 14.1 Å². The maximum absolute atomic E-state index is 11.3. The Labute approximate surface area is 85.7 Å². The van der Waals surface area contributed by atoms with Crippen molar-refractivity contribution in [2.75, 3.05) is 7.11 Å². The standard InChI is InChI=1S/C10H10N2O3/c1-14-6-8-4-9(13)12-10(11-8)7-2-3-15-5-7/h2-5H,6H2,1H3,(H,11,12,13). The number of nitrogens with zero attached hydrogens (tertiary/aromatic N) is 1. The second kappa shape index (κ2) is 4.10. The molecule has 15 heavy (non-hydrogen) atoms. The molecule has 0 saturated heterocycles. The van der Waals surface area contributed by atoms with Crippen LogP contribution in [0, 0.1) is 0 Å². The fourth-order valence-corrected chi connectivity index (χ4v) is 1.27. The topological polar surface area (TPSA) is 68.1 Å². The molecule has 5 heteroatoms. The smallest absolute Gasteiger partial charge is 0.251 e. The number of furan rings is 1. The summed E-state index contributed by atoms with van der Waals surface area (Å²) in [7, 11) is 1.56. The molecular formula is C10H10N2O3. The molecule has 0 fully saturated rings. The first kappa shape index (κ1) is 9.67. The van der Waals surface area contributed by atoms with Crippen LogP contribution in [0.2, 0.25) is 0 Å². The zero-order chi connectivity index (χ0) is 10.7. The van der Waals surface area contributed by atoms with Crippen LogP contribution in [-0.2, 0) is 11.3 Å². The molecule has 0 aliphatic rings. The van der Waals surface area contributed by atoms with Gasteiger partial charge in [0.2, 0.25) is 0 Å². The summed E-state index contributed by atoms with van der Waals surface area (Å²) in [5, 5.41) is 0. The minimum atomic E-state index is -0.201. The summed E-state index contributed by atoms with van der Waals surface area (Å²) in [6.45, 7) is 0.314. The fraction of sp³-hybridized carbons (Fsp3) is 0.200. The van der Waals surface area contributed by atoms with Gasteiger partial charge in [0, 0.05) is 13.2 Å². The van der Waals surface area contributed by atoms with Gasteiger partial charge in [0.05, 0.1) is 24.1 Å². The predicted octanol–water partition coefficient (Wildman–Crippen LogP) is 1.18. The van der Waals surface area contributed by atoms with Crippen molar-refractivity contribution in [3.05, 3.63) is 40.7 Å². The van der Waals surface area contributed by atoms with Crippen LogP contribution in [0.5, 0.6) is 0 Å². The summed E-state index contributed by atoms with van der Waals surface area (Å²) in [6, 6.07) is 3.14. The van der Waals surface area contributed by atoms with Crippen molar-refractivity contribution in [1.82, 2.24) is 9.97 Å². The van der Waals surface area contributed by atoms with Crippen LogP contribution in [0.25, 0.3) is 11.4 Å². The lowest BCUT2D eigenvalue weighted by Gasteiger charge is -2.00. The molecule has 0 bridgehead atoms. The van der Waals surface area contributed by atoms with Gasteiger partial charge in [-0.25, -0.2) is 4.98 Å². The lowest BCUT2D eigenvalue weighted by Crippen LogP contribution is -2.10. The average Bonchev–Trinajstić information content (AvgIpc) is 2.70. The Balaban J connectivity index is 2.44. The predicted molar refractivity (Wildman–Crippen MR) is 53.3 cm³/mol. The second-order valence-electron chi connectivity index (χ2n) is 3.03. The summed E-state index contributed by atoms with van der Waals surface area (Å²) < 4.78 is 9.83. The zero-order valence-electron chi connectivity index (χ0n) is 8.19. The number of hydrogen-bond acceptors (Lipinski definition) is 4. The van der Waals surface area contributed by atoms with Gasteiger partial charge in [0.1, 0.15) is 12.1 Å². The van der Waals surface area contributed by atoms with E-state index in [0.29, 0.717) is 18.1 Å². The average molecular weight is 206 g/mol. The van der Waals surface area contributed by atoms with Crippen molar-refractivity contribution in [2.24, 2.45) is 0 Å². The molecular weight excluding hydrogens is 196 g/mol. The fourth-order valence-electron chi connectivity index (χ4n) is 1.27. The number of aromatic nitrogens is 2. The van der Waals surface area contributed by atoms with Gasteiger partial charge >= 0.3 is 0 Å². The first-order chi connectivity index (χ1) is 7.29. The molecule has 2 heterocycles. The molecule has 0 aliphatic carbocycles.